The zero-order valence-corrected chi connectivity index (χ0v) is 62.9. The second-order valence-electron chi connectivity index (χ2n) is 30.9. The average Bonchev–Trinajstić information content (AvgIpc) is 1.56. The summed E-state index contributed by atoms with van der Waals surface area (Å²) in [6, 6.07) is 156. The third-order valence-electron chi connectivity index (χ3n) is 23.9. The molecule has 0 bridgehead atoms. The Kier molecular flexibility index (Phi) is 16.8. The molecule has 2 heteroatoms. The topological polar surface area (TPSA) is 6.48 Å². The van der Waals surface area contributed by atoms with Crippen molar-refractivity contribution in [2.75, 3.05) is 9.80 Å². The van der Waals surface area contributed by atoms with Gasteiger partial charge in [0.25, 0.3) is 0 Å². The second-order valence-corrected chi connectivity index (χ2v) is 30.9. The summed E-state index contributed by atoms with van der Waals surface area (Å²) in [7, 11) is 0. The van der Waals surface area contributed by atoms with Crippen molar-refractivity contribution in [3.8, 4) is 111 Å². The molecule has 530 valence electrons. The Balaban J connectivity index is 0.684. The highest BCUT2D eigenvalue weighted by Gasteiger charge is 2.42. The molecule has 0 aromatic heterocycles. The summed E-state index contributed by atoms with van der Waals surface area (Å²) in [5, 5.41) is 5.00. The monoisotopic (exact) mass is 1430 g/mol. The van der Waals surface area contributed by atoms with Crippen LogP contribution in [-0.2, 0) is 17.3 Å². The summed E-state index contributed by atoms with van der Waals surface area (Å²) < 4.78 is 0. The molecule has 0 heterocycles. The minimum atomic E-state index is -0.423. The summed E-state index contributed by atoms with van der Waals surface area (Å²) >= 11 is 0. The third kappa shape index (κ3) is 11.9. The van der Waals surface area contributed by atoms with Crippen LogP contribution in [0.5, 0.6) is 0 Å². The zero-order chi connectivity index (χ0) is 74.9. The van der Waals surface area contributed by atoms with Gasteiger partial charge in [0.2, 0.25) is 0 Å². The van der Waals surface area contributed by atoms with Crippen molar-refractivity contribution in [3.63, 3.8) is 0 Å². The van der Waals surface area contributed by atoms with Crippen LogP contribution in [0.15, 0.2) is 419 Å². The molecule has 0 aliphatic heterocycles. The van der Waals surface area contributed by atoms with Gasteiger partial charge in [0.1, 0.15) is 0 Å². The van der Waals surface area contributed by atoms with E-state index >= 15 is 0 Å². The Hall–Kier alpha value is -13.9. The van der Waals surface area contributed by atoms with E-state index in [1.807, 2.05) is 0 Å². The van der Waals surface area contributed by atoms with E-state index in [-0.39, 0.29) is 5.41 Å². The third-order valence-corrected chi connectivity index (χ3v) is 23.9. The Morgan fingerprint density at radius 3 is 1.23 bits per heavy atom. The maximum absolute atomic E-state index is 2.52. The summed E-state index contributed by atoms with van der Waals surface area (Å²) in [6.07, 6.45) is 0.770. The number of benzene rings is 18. The number of hydrogen-bond acceptors (Lipinski definition) is 2. The van der Waals surface area contributed by atoms with Crippen molar-refractivity contribution in [2.24, 2.45) is 0 Å². The molecule has 0 amide bonds. The molecule has 1 atom stereocenters. The average molecular weight is 1430 g/mol. The molecular formula is C110H80N2. The SMILES string of the molecule is CC1(C)c2ccccc2-c2c(N(c3ccc(-c4ccc(-c5ccc6ccccc6c5)cc4)cc3)c3cccc(-c4ccc(CC5(C)c6ccccc6-c6c(N(c7cccc(-c8ccc(-c9cccc%10ccccc9%10)cc8)c7)c7cccc(-c8ccccc8-c8ccccc8)c7)cccc65)cc4-c4ccccc4)c3)cccc21. The first-order valence-corrected chi connectivity index (χ1v) is 39.1. The minimum Gasteiger partial charge on any atom is -0.310 e. The van der Waals surface area contributed by atoms with Crippen LogP contribution in [0.1, 0.15) is 48.6 Å². The van der Waals surface area contributed by atoms with Crippen LogP contribution in [0, 0.1) is 0 Å². The lowest BCUT2D eigenvalue weighted by molar-refractivity contribution is 0.583. The molecule has 0 N–H and O–H groups in total. The van der Waals surface area contributed by atoms with Gasteiger partial charge in [-0.3, -0.25) is 0 Å². The summed E-state index contributed by atoms with van der Waals surface area (Å²) in [6.45, 7) is 7.24. The van der Waals surface area contributed by atoms with Gasteiger partial charge in [-0.1, -0.05) is 373 Å². The van der Waals surface area contributed by atoms with Crippen LogP contribution in [0.3, 0.4) is 0 Å². The first-order valence-electron chi connectivity index (χ1n) is 39.1. The lowest BCUT2D eigenvalue weighted by Gasteiger charge is -2.31. The number of anilines is 6. The number of fused-ring (bicyclic) bond motifs is 8. The van der Waals surface area contributed by atoms with Crippen LogP contribution in [0.4, 0.5) is 34.1 Å². The first-order chi connectivity index (χ1) is 55.1. The van der Waals surface area contributed by atoms with E-state index < -0.39 is 5.41 Å². The van der Waals surface area contributed by atoms with Gasteiger partial charge < -0.3 is 9.80 Å². The minimum absolute atomic E-state index is 0.182. The fourth-order valence-corrected chi connectivity index (χ4v) is 18.4. The van der Waals surface area contributed by atoms with Gasteiger partial charge in [-0.15, -0.1) is 0 Å². The molecule has 112 heavy (non-hydrogen) atoms. The van der Waals surface area contributed by atoms with E-state index in [4.69, 9.17) is 0 Å². The van der Waals surface area contributed by atoms with Gasteiger partial charge in [-0.2, -0.15) is 0 Å². The fourth-order valence-electron chi connectivity index (χ4n) is 18.4. The van der Waals surface area contributed by atoms with E-state index in [1.54, 1.807) is 0 Å². The molecule has 0 spiro atoms. The van der Waals surface area contributed by atoms with Crippen molar-refractivity contribution < 1.29 is 0 Å². The van der Waals surface area contributed by atoms with Gasteiger partial charge in [0.15, 0.2) is 0 Å². The van der Waals surface area contributed by atoms with Gasteiger partial charge in [0, 0.05) is 44.7 Å². The molecule has 0 fully saturated rings. The van der Waals surface area contributed by atoms with Gasteiger partial charge in [-0.05, 0) is 223 Å². The Morgan fingerprint density at radius 2 is 0.589 bits per heavy atom. The normalized spacial score (nSPS) is 13.6. The van der Waals surface area contributed by atoms with Crippen molar-refractivity contribution in [2.45, 2.75) is 38.0 Å². The molecule has 2 aliphatic rings. The van der Waals surface area contributed by atoms with Crippen molar-refractivity contribution >= 4 is 55.7 Å². The van der Waals surface area contributed by atoms with E-state index in [0.717, 1.165) is 62.8 Å². The van der Waals surface area contributed by atoms with Crippen molar-refractivity contribution in [3.05, 3.63) is 446 Å². The molecule has 20 rings (SSSR count). The Morgan fingerprint density at radius 1 is 0.205 bits per heavy atom. The van der Waals surface area contributed by atoms with Gasteiger partial charge >= 0.3 is 0 Å². The predicted molar refractivity (Wildman–Crippen MR) is 474 cm³/mol. The molecule has 18 aromatic rings. The Labute approximate surface area is 656 Å². The highest BCUT2D eigenvalue weighted by atomic mass is 15.2. The van der Waals surface area contributed by atoms with Gasteiger partial charge in [-0.25, -0.2) is 0 Å². The van der Waals surface area contributed by atoms with Crippen LogP contribution in [0.25, 0.3) is 133 Å². The van der Waals surface area contributed by atoms with Crippen LogP contribution < -0.4 is 9.80 Å². The zero-order valence-electron chi connectivity index (χ0n) is 62.9. The van der Waals surface area contributed by atoms with E-state index in [1.165, 1.54) is 138 Å². The lowest BCUT2D eigenvalue weighted by atomic mass is 9.74. The quantitative estimate of drug-likeness (QED) is 0.0951. The Bertz CT molecular complexity index is 6620. The molecule has 18 aromatic carbocycles. The summed E-state index contributed by atoms with van der Waals surface area (Å²) in [4.78, 5) is 5.02. The van der Waals surface area contributed by atoms with Gasteiger partial charge in [0.05, 0.1) is 11.4 Å². The van der Waals surface area contributed by atoms with Crippen LogP contribution in [0.2, 0.25) is 0 Å². The molecule has 2 aliphatic carbocycles. The lowest BCUT2D eigenvalue weighted by Crippen LogP contribution is -2.24. The van der Waals surface area contributed by atoms with E-state index in [9.17, 15) is 0 Å². The van der Waals surface area contributed by atoms with Crippen molar-refractivity contribution in [1.82, 2.24) is 0 Å². The first kappa shape index (κ1) is 67.4. The van der Waals surface area contributed by atoms with E-state index in [0.29, 0.717) is 0 Å². The molecule has 0 radical (unpaired) electrons. The smallest absolute Gasteiger partial charge is 0.0543 e. The predicted octanol–water partition coefficient (Wildman–Crippen LogP) is 30.1. The van der Waals surface area contributed by atoms with Crippen LogP contribution >= 0.6 is 0 Å². The largest absolute Gasteiger partial charge is 0.310 e. The fraction of sp³-hybridized carbons (Fsp3) is 0.0545. The number of hydrogen-bond donors (Lipinski definition) is 0. The molecular weight excluding hydrogens is 1350 g/mol. The molecule has 1 unspecified atom stereocenters. The van der Waals surface area contributed by atoms with Crippen molar-refractivity contribution in [1.29, 1.82) is 0 Å². The highest BCUT2D eigenvalue weighted by Crippen LogP contribution is 2.58. The standard InChI is InChI=1S/C110H80N2/c1-109(2)101-46-18-16-43-98(101)107-103(109)48-24-50-105(107)111(89-65-63-77(64-66-89)76-53-55-79(56-54-76)86-62-59-75-26-10-11-32-84(75)69-86)91-38-22-36-88(72-91)97-67-52-74(68-100(97)82-29-8-5-9-30-82)73-110(3)102-47-19-17-44-99(102)108-104(110)49-25-51-106(108)112(92-39-21-35-87(71-92)96-42-15-14-41-94(96)80-27-6-4-7-28-80)90-37-20-34-85(70-90)78-57-60-83(61-58-78)95-45-23-33-81-31-12-13-40-93(81)95/h4-72H,73H2,1-3H3. The summed E-state index contributed by atoms with van der Waals surface area (Å²) in [5.41, 5.74) is 36.6. The summed E-state index contributed by atoms with van der Waals surface area (Å²) in [5.74, 6) is 0. The molecule has 0 saturated carbocycles. The number of nitrogens with zero attached hydrogens (tertiary/aromatic N) is 2. The molecule has 2 nitrogen and oxygen atoms in total. The second kappa shape index (κ2) is 27.9. The maximum Gasteiger partial charge on any atom is 0.0543 e. The maximum atomic E-state index is 2.52. The highest BCUT2D eigenvalue weighted by molar-refractivity contribution is 6.01. The number of rotatable bonds is 16. The van der Waals surface area contributed by atoms with E-state index in [2.05, 4.69) is 449 Å². The van der Waals surface area contributed by atoms with Crippen LogP contribution in [-0.4, -0.2) is 0 Å². The molecule has 0 saturated heterocycles.